The molecule has 0 spiro atoms. The summed E-state index contributed by atoms with van der Waals surface area (Å²) in [6.45, 7) is 2.65. The molecule has 0 heterocycles. The maximum absolute atomic E-state index is 12.7. The van der Waals surface area contributed by atoms with E-state index in [4.69, 9.17) is 10.8 Å². The largest absolute Gasteiger partial charge is 0.480 e. The summed E-state index contributed by atoms with van der Waals surface area (Å²) >= 11 is 0. The van der Waals surface area contributed by atoms with Crippen molar-refractivity contribution in [3.8, 4) is 0 Å². The van der Waals surface area contributed by atoms with Crippen LogP contribution in [0.25, 0.3) is 0 Å². The van der Waals surface area contributed by atoms with Crippen molar-refractivity contribution in [1.29, 1.82) is 0 Å². The van der Waals surface area contributed by atoms with Crippen LogP contribution in [0.3, 0.4) is 0 Å². The third kappa shape index (κ3) is 6.35. The lowest BCUT2D eigenvalue weighted by Crippen LogP contribution is -2.46. The number of thiol groups is 1. The minimum absolute atomic E-state index is 0.0748. The van der Waals surface area contributed by atoms with Crippen molar-refractivity contribution in [3.63, 3.8) is 0 Å². The van der Waals surface area contributed by atoms with E-state index in [0.29, 0.717) is 0 Å². The highest BCUT2D eigenvalue weighted by molar-refractivity contribution is 8.62. The van der Waals surface area contributed by atoms with Crippen LogP contribution in [-0.4, -0.2) is 40.7 Å². The number of primary amides is 1. The first-order valence-electron chi connectivity index (χ1n) is 7.14. The van der Waals surface area contributed by atoms with Gasteiger partial charge in [-0.05, 0) is 24.0 Å². The lowest BCUT2D eigenvalue weighted by Gasteiger charge is -2.27. The zero-order chi connectivity index (χ0) is 18.3. The molecule has 8 nitrogen and oxygen atoms in total. The number of aliphatic carboxylic acids is 1. The standard InChI is InChI=1S/C14H22N3O5PS/c1-9(14(20)21)17-23(22)24(11-6-4-3-5-7-11)8-12(13(15)19)16-10(2)18/h3-7,9,12,23-24H,8H2,1-2H3,(H2,15,19)(H,16,18)(H,17,22)(H,20,21)/t9-,12-/m0/s1. The number of benzene rings is 1. The molecule has 0 aliphatic heterocycles. The van der Waals surface area contributed by atoms with Crippen molar-refractivity contribution in [2.75, 3.05) is 5.75 Å². The second-order valence-corrected chi connectivity index (χ2v) is 10.6. The monoisotopic (exact) mass is 375 g/mol. The second-order valence-electron chi connectivity index (χ2n) is 5.11. The fourth-order valence-corrected chi connectivity index (χ4v) is 7.55. The van der Waals surface area contributed by atoms with E-state index in [1.54, 1.807) is 30.3 Å². The summed E-state index contributed by atoms with van der Waals surface area (Å²) in [7, 11) is -3.98. The first-order valence-corrected chi connectivity index (χ1v) is 10.9. The maximum atomic E-state index is 12.7. The van der Waals surface area contributed by atoms with Gasteiger partial charge in [-0.3, -0.25) is 18.9 Å². The Morgan fingerprint density at radius 3 is 2.33 bits per heavy atom. The number of rotatable bonds is 9. The Morgan fingerprint density at radius 2 is 1.88 bits per heavy atom. The van der Waals surface area contributed by atoms with Gasteiger partial charge >= 0.3 is 5.97 Å². The topological polar surface area (TPSA) is 139 Å². The van der Waals surface area contributed by atoms with Gasteiger partial charge in [0.25, 0.3) is 0 Å². The van der Waals surface area contributed by atoms with Gasteiger partial charge in [0.1, 0.15) is 12.1 Å². The van der Waals surface area contributed by atoms with Crippen LogP contribution in [0.4, 0.5) is 0 Å². The molecule has 24 heavy (non-hydrogen) atoms. The first-order chi connectivity index (χ1) is 11.2. The Bertz CT molecular complexity index is 628. The van der Waals surface area contributed by atoms with Gasteiger partial charge in [-0.25, -0.2) is 5.09 Å². The molecule has 0 saturated carbocycles. The molecular formula is C14H22N3O5PS. The molecule has 1 rings (SSSR count). The highest BCUT2D eigenvalue weighted by Crippen LogP contribution is 2.56. The number of carbonyl (C=O) groups is 3. The van der Waals surface area contributed by atoms with Gasteiger partial charge in [-0.1, -0.05) is 18.2 Å². The molecule has 0 aliphatic carbocycles. The number of amides is 2. The van der Waals surface area contributed by atoms with E-state index in [2.05, 4.69) is 10.4 Å². The van der Waals surface area contributed by atoms with Crippen LogP contribution in [0, 0.1) is 0 Å². The summed E-state index contributed by atoms with van der Waals surface area (Å²) in [5.74, 6) is -2.20. The highest BCUT2D eigenvalue weighted by atomic mass is 32.8. The van der Waals surface area contributed by atoms with E-state index in [1.165, 1.54) is 13.8 Å². The van der Waals surface area contributed by atoms with Crippen LogP contribution in [0.5, 0.6) is 0 Å². The average Bonchev–Trinajstić information content (AvgIpc) is 2.51. The van der Waals surface area contributed by atoms with Crippen LogP contribution in [0.15, 0.2) is 35.2 Å². The summed E-state index contributed by atoms with van der Waals surface area (Å²) in [6.07, 6.45) is 0. The van der Waals surface area contributed by atoms with E-state index in [9.17, 15) is 18.9 Å². The summed E-state index contributed by atoms with van der Waals surface area (Å²) < 4.78 is 12.7. The van der Waals surface area contributed by atoms with Crippen molar-refractivity contribution in [1.82, 2.24) is 10.4 Å². The van der Waals surface area contributed by atoms with Gasteiger partial charge in [-0.2, -0.15) is 10.5 Å². The molecule has 5 N–H and O–H groups in total. The zero-order valence-corrected chi connectivity index (χ0v) is 15.2. The van der Waals surface area contributed by atoms with Crippen molar-refractivity contribution >= 4 is 35.5 Å². The molecule has 134 valence electrons. The van der Waals surface area contributed by atoms with E-state index < -0.39 is 47.5 Å². The minimum Gasteiger partial charge on any atom is -0.480 e. The fraction of sp³-hybridized carbons (Fsp3) is 0.357. The van der Waals surface area contributed by atoms with Crippen molar-refractivity contribution in [2.45, 2.75) is 30.8 Å². The van der Waals surface area contributed by atoms with Crippen LogP contribution in [-0.2, 0) is 18.9 Å². The van der Waals surface area contributed by atoms with Gasteiger partial charge in [0, 0.05) is 12.7 Å². The Labute approximate surface area is 143 Å². The van der Waals surface area contributed by atoms with Crippen molar-refractivity contribution < 1.29 is 24.1 Å². The number of nitrogens with one attached hydrogen (secondary N) is 2. The normalized spacial score (nSPS) is 16.5. The molecule has 1 aromatic carbocycles. The zero-order valence-electron chi connectivity index (χ0n) is 13.4. The predicted molar refractivity (Wildman–Crippen MR) is 94.6 cm³/mol. The summed E-state index contributed by atoms with van der Waals surface area (Å²) in [6, 6.07) is 6.87. The molecule has 0 saturated heterocycles. The lowest BCUT2D eigenvalue weighted by atomic mass is 10.3. The summed E-state index contributed by atoms with van der Waals surface area (Å²) in [5, 5.41) is 14.0. The number of hydrogen-bond donors (Lipinski definition) is 5. The Balaban J connectivity index is 3.05. The fourth-order valence-electron chi connectivity index (χ4n) is 1.87. The Hall–Kier alpha value is -1.83. The molecule has 2 amide bonds. The van der Waals surface area contributed by atoms with Gasteiger partial charge < -0.3 is 16.2 Å². The average molecular weight is 375 g/mol. The molecular weight excluding hydrogens is 353 g/mol. The molecule has 0 fully saturated rings. The predicted octanol–water partition coefficient (Wildman–Crippen LogP) is 0.489. The van der Waals surface area contributed by atoms with Crippen molar-refractivity contribution in [3.05, 3.63) is 30.3 Å². The van der Waals surface area contributed by atoms with Crippen LogP contribution in [0.2, 0.25) is 0 Å². The van der Waals surface area contributed by atoms with Gasteiger partial charge in [-0.15, -0.1) is 0 Å². The number of carboxylic acid groups (broad SMARTS) is 1. The molecule has 0 bridgehead atoms. The lowest BCUT2D eigenvalue weighted by molar-refractivity contribution is -0.138. The number of nitrogens with two attached hydrogens (primary N) is 1. The second kappa shape index (κ2) is 9.46. The first kappa shape index (κ1) is 20.2. The van der Waals surface area contributed by atoms with E-state index in [0.717, 1.165) is 4.90 Å². The van der Waals surface area contributed by atoms with E-state index in [-0.39, 0.29) is 5.75 Å². The minimum atomic E-state index is -2.56. The summed E-state index contributed by atoms with van der Waals surface area (Å²) in [5.41, 5.74) is 5.31. The smallest absolute Gasteiger partial charge is 0.320 e. The van der Waals surface area contributed by atoms with E-state index in [1.807, 2.05) is 0 Å². The summed E-state index contributed by atoms with van der Waals surface area (Å²) in [4.78, 5) is 34.5. The number of carboxylic acids is 1. The third-order valence-corrected chi connectivity index (χ3v) is 9.11. The molecule has 0 aliphatic rings. The van der Waals surface area contributed by atoms with Crippen LogP contribution >= 0.6 is 17.7 Å². The molecule has 0 aromatic heterocycles. The van der Waals surface area contributed by atoms with Gasteiger partial charge in [0.15, 0.2) is 7.15 Å². The Kier molecular flexibility index (Phi) is 7.97. The molecule has 0 radical (unpaired) electrons. The third-order valence-electron chi connectivity index (χ3n) is 3.11. The highest BCUT2D eigenvalue weighted by Gasteiger charge is 2.26. The molecule has 10 heteroatoms. The van der Waals surface area contributed by atoms with Gasteiger partial charge in [0.05, 0.1) is 0 Å². The van der Waals surface area contributed by atoms with Crippen LogP contribution in [0.1, 0.15) is 13.8 Å². The Morgan fingerprint density at radius 1 is 1.29 bits per heavy atom. The maximum Gasteiger partial charge on any atom is 0.320 e. The van der Waals surface area contributed by atoms with Crippen LogP contribution < -0.4 is 16.1 Å². The van der Waals surface area contributed by atoms with E-state index >= 15 is 0 Å². The number of carbonyl (C=O) groups excluding carboxylic acids is 2. The van der Waals surface area contributed by atoms with Crippen molar-refractivity contribution in [2.24, 2.45) is 5.73 Å². The SMILES string of the molecule is CC(=O)N[C@@H](C[SH](c1ccccc1)[PH](=O)N[C@@H](C)C(=O)O)C(N)=O. The molecule has 2 unspecified atom stereocenters. The molecule has 4 atom stereocenters. The quantitative estimate of drug-likeness (QED) is 0.314. The molecule has 1 aromatic rings. The number of hydrogen-bond acceptors (Lipinski definition) is 4. The van der Waals surface area contributed by atoms with Gasteiger partial charge in [0.2, 0.25) is 11.8 Å².